The topological polar surface area (TPSA) is 81.7 Å². The predicted octanol–water partition coefficient (Wildman–Crippen LogP) is 3.99. The molecule has 0 aliphatic carbocycles. The number of hydrogen-bond acceptors (Lipinski definition) is 5. The number of nitrogens with one attached hydrogen (secondary N) is 1. The number of Topliss-reactive ketones (excluding diaryl/α,β-unsaturated/α-hetero) is 1. The highest BCUT2D eigenvalue weighted by Crippen LogP contribution is 2.17. The maximum Gasteiger partial charge on any atom is 0.344 e. The average Bonchev–Trinajstić information content (AvgIpc) is 2.65. The van der Waals surface area contributed by atoms with Crippen LogP contribution in [-0.4, -0.2) is 30.9 Å². The first kappa shape index (κ1) is 20.6. The van der Waals surface area contributed by atoms with Crippen molar-refractivity contribution in [2.45, 2.75) is 19.8 Å². The number of esters is 1. The van der Waals surface area contributed by atoms with Gasteiger partial charge in [0.15, 0.2) is 19.0 Å². The van der Waals surface area contributed by atoms with E-state index in [-0.39, 0.29) is 24.9 Å². The van der Waals surface area contributed by atoms with Gasteiger partial charge < -0.3 is 14.8 Å². The van der Waals surface area contributed by atoms with Gasteiger partial charge in [0, 0.05) is 22.1 Å². The molecule has 0 heterocycles. The number of hydrogen-bond donors (Lipinski definition) is 1. The summed E-state index contributed by atoms with van der Waals surface area (Å²) in [5.74, 6) is -0.520. The molecule has 6 nitrogen and oxygen atoms in total. The van der Waals surface area contributed by atoms with Gasteiger partial charge in [-0.2, -0.15) is 0 Å². The summed E-state index contributed by atoms with van der Waals surface area (Å²) in [6.45, 7) is 1.26. The molecule has 2 aromatic carbocycles. The number of halogens is 1. The Morgan fingerprint density at radius 2 is 1.78 bits per heavy atom. The third-order valence-electron chi connectivity index (χ3n) is 3.48. The number of benzene rings is 2. The second-order valence-electron chi connectivity index (χ2n) is 5.71. The number of amides is 1. The Bertz CT molecular complexity index is 804. The molecule has 0 fully saturated rings. The monoisotopic (exact) mass is 433 g/mol. The molecule has 2 aromatic rings. The summed E-state index contributed by atoms with van der Waals surface area (Å²) in [7, 11) is 0. The SMILES string of the molecule is CCCC(=O)Nc1ccc(C(=O)COC(=O)COc2cccc(Br)c2)cc1. The Hall–Kier alpha value is -2.67. The van der Waals surface area contributed by atoms with Gasteiger partial charge in [0.05, 0.1) is 0 Å². The molecule has 0 spiro atoms. The van der Waals surface area contributed by atoms with Crippen LogP contribution < -0.4 is 10.1 Å². The van der Waals surface area contributed by atoms with Gasteiger partial charge in [0.2, 0.25) is 5.91 Å². The van der Waals surface area contributed by atoms with Gasteiger partial charge in [-0.3, -0.25) is 9.59 Å². The molecule has 142 valence electrons. The van der Waals surface area contributed by atoms with Crippen LogP contribution in [0.25, 0.3) is 0 Å². The Balaban J connectivity index is 1.77. The molecule has 2 rings (SSSR count). The van der Waals surface area contributed by atoms with Crippen molar-refractivity contribution >= 4 is 39.3 Å². The first-order valence-electron chi connectivity index (χ1n) is 8.45. The molecule has 1 amide bonds. The fraction of sp³-hybridized carbons (Fsp3) is 0.250. The zero-order valence-corrected chi connectivity index (χ0v) is 16.5. The smallest absolute Gasteiger partial charge is 0.344 e. The van der Waals surface area contributed by atoms with Gasteiger partial charge in [-0.15, -0.1) is 0 Å². The van der Waals surface area contributed by atoms with Crippen molar-refractivity contribution < 1.29 is 23.9 Å². The predicted molar refractivity (Wildman–Crippen MR) is 105 cm³/mol. The number of rotatable bonds is 9. The van der Waals surface area contributed by atoms with Crippen LogP contribution in [0, 0.1) is 0 Å². The molecule has 0 saturated heterocycles. The normalized spacial score (nSPS) is 10.1. The molecule has 0 radical (unpaired) electrons. The largest absolute Gasteiger partial charge is 0.482 e. The maximum atomic E-state index is 12.1. The van der Waals surface area contributed by atoms with Crippen LogP contribution in [0.3, 0.4) is 0 Å². The lowest BCUT2D eigenvalue weighted by Crippen LogP contribution is -2.19. The van der Waals surface area contributed by atoms with Crippen LogP contribution in [0.2, 0.25) is 0 Å². The van der Waals surface area contributed by atoms with E-state index in [1.807, 2.05) is 13.0 Å². The summed E-state index contributed by atoms with van der Waals surface area (Å²) in [6, 6.07) is 13.5. The van der Waals surface area contributed by atoms with Crippen molar-refractivity contribution in [1.82, 2.24) is 0 Å². The Kier molecular flexibility index (Phi) is 8.00. The van der Waals surface area contributed by atoms with E-state index in [0.717, 1.165) is 10.9 Å². The Morgan fingerprint density at radius 1 is 1.04 bits per heavy atom. The van der Waals surface area contributed by atoms with Gasteiger partial charge in [0.1, 0.15) is 5.75 Å². The quantitative estimate of drug-likeness (QED) is 0.477. The summed E-state index contributed by atoms with van der Waals surface area (Å²) < 4.78 is 11.1. The van der Waals surface area contributed by atoms with Crippen LogP contribution in [0.5, 0.6) is 5.75 Å². The first-order chi connectivity index (χ1) is 13.0. The fourth-order valence-electron chi connectivity index (χ4n) is 2.16. The van der Waals surface area contributed by atoms with E-state index < -0.39 is 5.97 Å². The Labute approximate surface area is 166 Å². The minimum absolute atomic E-state index is 0.0732. The van der Waals surface area contributed by atoms with Crippen LogP contribution in [0.4, 0.5) is 5.69 Å². The molecular formula is C20H20BrNO5. The van der Waals surface area contributed by atoms with E-state index in [0.29, 0.717) is 23.4 Å². The van der Waals surface area contributed by atoms with Crippen molar-refractivity contribution in [1.29, 1.82) is 0 Å². The van der Waals surface area contributed by atoms with E-state index in [1.54, 1.807) is 42.5 Å². The van der Waals surface area contributed by atoms with E-state index in [4.69, 9.17) is 9.47 Å². The van der Waals surface area contributed by atoms with Crippen LogP contribution >= 0.6 is 15.9 Å². The fourth-order valence-corrected chi connectivity index (χ4v) is 2.54. The molecule has 7 heteroatoms. The minimum atomic E-state index is -0.633. The van der Waals surface area contributed by atoms with Crippen molar-refractivity contribution in [3.05, 3.63) is 58.6 Å². The number of carbonyl (C=O) groups is 3. The third-order valence-corrected chi connectivity index (χ3v) is 3.98. The lowest BCUT2D eigenvalue weighted by molar-refractivity contribution is -0.144. The van der Waals surface area contributed by atoms with Crippen LogP contribution in [-0.2, 0) is 14.3 Å². The summed E-state index contributed by atoms with van der Waals surface area (Å²) in [5.41, 5.74) is 1.01. The van der Waals surface area contributed by atoms with Gasteiger partial charge in [-0.25, -0.2) is 4.79 Å². The van der Waals surface area contributed by atoms with Gasteiger partial charge in [-0.1, -0.05) is 28.9 Å². The summed E-state index contributed by atoms with van der Waals surface area (Å²) in [5, 5.41) is 2.74. The zero-order chi connectivity index (χ0) is 19.6. The first-order valence-corrected chi connectivity index (χ1v) is 9.24. The number of ketones is 1. The van der Waals surface area contributed by atoms with E-state index >= 15 is 0 Å². The third kappa shape index (κ3) is 7.22. The lowest BCUT2D eigenvalue weighted by Gasteiger charge is -2.08. The summed E-state index contributed by atoms with van der Waals surface area (Å²) in [4.78, 5) is 35.3. The van der Waals surface area contributed by atoms with E-state index in [2.05, 4.69) is 21.2 Å². The summed E-state index contributed by atoms with van der Waals surface area (Å²) >= 11 is 3.31. The lowest BCUT2D eigenvalue weighted by atomic mass is 10.1. The average molecular weight is 434 g/mol. The highest BCUT2D eigenvalue weighted by molar-refractivity contribution is 9.10. The molecule has 0 aliphatic rings. The number of ether oxygens (including phenoxy) is 2. The second kappa shape index (κ2) is 10.5. The van der Waals surface area contributed by atoms with Crippen LogP contribution in [0.15, 0.2) is 53.0 Å². The number of carbonyl (C=O) groups excluding carboxylic acids is 3. The minimum Gasteiger partial charge on any atom is -0.482 e. The van der Waals surface area contributed by atoms with E-state index in [1.165, 1.54) is 0 Å². The molecule has 0 atom stereocenters. The van der Waals surface area contributed by atoms with Crippen LogP contribution in [0.1, 0.15) is 30.1 Å². The van der Waals surface area contributed by atoms with Crippen molar-refractivity contribution in [3.8, 4) is 5.75 Å². The van der Waals surface area contributed by atoms with Gasteiger partial charge in [0.25, 0.3) is 0 Å². The van der Waals surface area contributed by atoms with Crippen molar-refractivity contribution in [2.24, 2.45) is 0 Å². The summed E-state index contributed by atoms with van der Waals surface area (Å²) in [6.07, 6.45) is 1.21. The van der Waals surface area contributed by atoms with Crippen molar-refractivity contribution in [2.75, 3.05) is 18.5 Å². The highest BCUT2D eigenvalue weighted by atomic mass is 79.9. The maximum absolute atomic E-state index is 12.1. The molecule has 0 aromatic heterocycles. The van der Waals surface area contributed by atoms with Gasteiger partial charge in [-0.05, 0) is 48.9 Å². The molecular weight excluding hydrogens is 414 g/mol. The van der Waals surface area contributed by atoms with E-state index in [9.17, 15) is 14.4 Å². The molecule has 0 unspecified atom stereocenters. The zero-order valence-electron chi connectivity index (χ0n) is 14.9. The van der Waals surface area contributed by atoms with Gasteiger partial charge >= 0.3 is 5.97 Å². The molecule has 1 N–H and O–H groups in total. The molecule has 27 heavy (non-hydrogen) atoms. The molecule has 0 saturated carbocycles. The Morgan fingerprint density at radius 3 is 2.44 bits per heavy atom. The standard InChI is InChI=1S/C20H20BrNO5/c1-2-4-19(24)22-16-9-7-14(8-10-16)18(23)12-27-20(25)13-26-17-6-3-5-15(21)11-17/h3,5-11H,2,4,12-13H2,1H3,(H,22,24). The molecule has 0 aliphatic heterocycles. The molecule has 0 bridgehead atoms. The highest BCUT2D eigenvalue weighted by Gasteiger charge is 2.11. The number of anilines is 1. The van der Waals surface area contributed by atoms with Crippen molar-refractivity contribution in [3.63, 3.8) is 0 Å². The second-order valence-corrected chi connectivity index (χ2v) is 6.62.